The Kier molecular flexibility index (Phi) is 24.8. The van der Waals surface area contributed by atoms with Gasteiger partial charge in [0.1, 0.15) is 103 Å². The van der Waals surface area contributed by atoms with Gasteiger partial charge in [-0.2, -0.15) is 0 Å². The van der Waals surface area contributed by atoms with Crippen LogP contribution < -0.4 is 31.9 Å². The number of halogens is 4. The zero-order chi connectivity index (χ0) is 102. The molecule has 36 nitrogen and oxygen atoms in total. The molecule has 0 bridgehead atoms. The molecule has 12 aromatic heterocycles. The SMILES string of the molecule is CC(C)(C)OC(=O)N1Cc2c(-c3cnc4cc(F)ccn34)ccc(Nc3ccc([C@@]4(O)CCOC4)cn3)c2C1=O.CC(C)(C)OC(=O)N1Cc2c(-c3cnc4cc(F)ccn34)ccc(Nc3ccc([C@]4(O)CCOC4)cn3)c2C1=O.O=C1NCc2c(-c3cnc4cc(F)ccn34)ccc(Nc3ccc([C@@]4(O)CCOC4)cn3)c21.O=C1NCc2c(-c3cnc4cc(F)ccn34)ccc(Nc3ccc([C@]4(O)CCOC4)cn3)c21. The van der Waals surface area contributed by atoms with Gasteiger partial charge in [0.2, 0.25) is 0 Å². The fourth-order valence-electron chi connectivity index (χ4n) is 19.1. The summed E-state index contributed by atoms with van der Waals surface area (Å²) in [5, 5.41) is 61.5. The topological polar surface area (TPSA) is 438 Å². The third kappa shape index (κ3) is 18.6. The highest BCUT2D eigenvalue weighted by atomic mass is 19.1. The van der Waals surface area contributed by atoms with Crippen molar-refractivity contribution in [2.75, 3.05) is 74.1 Å². The van der Waals surface area contributed by atoms with Crippen LogP contribution in [0.25, 0.3) is 67.6 Å². The standard InChI is InChI=1S/2C29H28FN5O5.2C24H20FN5O3/c2*1-28(2,3)40-27(37)35-15-20-19(22-14-32-24-12-18(30)8-10-34(22)24)5-6-21(25(20)26(35)36)33-23-7-4-17(13-31-23)29(38)9-11-39-16-29;2*25-15-5-7-30-19(12-27-21(30)9-15)16-2-3-18(22-17(16)11-28-23(22)31)29-20-4-1-14(10-26-20)24(32)6-8-33-13-24/h2*4-8,10,12-14,38H,9,11,15-16H2,1-3H3,(H,31,33);2*1-5,7,9-10,12,32H,6,8,11,13H2,(H,26,29)(H,28,31)/t2*29-;2*24-/m1010/s1. The number of aliphatic hydroxyl groups is 4. The van der Waals surface area contributed by atoms with E-state index in [1.807, 2.05) is 48.5 Å². The van der Waals surface area contributed by atoms with E-state index in [2.05, 4.69) is 71.8 Å². The summed E-state index contributed by atoms with van der Waals surface area (Å²) >= 11 is 0. The molecule has 4 fully saturated rings. The molecule has 16 aromatic rings. The Labute approximate surface area is 829 Å². The molecule has 0 saturated carbocycles. The molecule has 4 atom stereocenters. The van der Waals surface area contributed by atoms with Gasteiger partial charge < -0.3 is 80.7 Å². The molecule has 8 aliphatic rings. The molecule has 20 heterocycles. The second kappa shape index (κ2) is 37.8. The lowest BCUT2D eigenvalue weighted by Crippen LogP contribution is -2.37. The van der Waals surface area contributed by atoms with Gasteiger partial charge in [0, 0.05) is 184 Å². The van der Waals surface area contributed by atoms with Crippen LogP contribution in [0.4, 0.5) is 73.2 Å². The van der Waals surface area contributed by atoms with Crippen LogP contribution in [0.5, 0.6) is 0 Å². The number of imide groups is 2. The Bertz CT molecular complexity index is 7440. The minimum absolute atomic E-state index is 0.0121. The molecule has 4 aromatic carbocycles. The van der Waals surface area contributed by atoms with E-state index in [4.69, 9.17) is 28.4 Å². The van der Waals surface area contributed by atoms with Crippen LogP contribution in [0, 0.1) is 23.3 Å². The summed E-state index contributed by atoms with van der Waals surface area (Å²) in [5.74, 6) is -0.887. The third-order valence-electron chi connectivity index (χ3n) is 26.6. The first kappa shape index (κ1) is 95.8. The highest BCUT2D eigenvalue weighted by Gasteiger charge is 2.44. The highest BCUT2D eigenvalue weighted by molar-refractivity contribution is 6.13. The van der Waals surface area contributed by atoms with Gasteiger partial charge in [-0.05, 0) is 137 Å². The first-order valence-corrected chi connectivity index (χ1v) is 47.0. The summed E-state index contributed by atoms with van der Waals surface area (Å²) in [6, 6.07) is 39.6. The van der Waals surface area contributed by atoms with E-state index in [9.17, 15) is 66.8 Å². The second-order valence-corrected chi connectivity index (χ2v) is 38.6. The van der Waals surface area contributed by atoms with Gasteiger partial charge in [0.25, 0.3) is 23.6 Å². The van der Waals surface area contributed by atoms with Crippen molar-refractivity contribution in [2.24, 2.45) is 0 Å². The van der Waals surface area contributed by atoms with Crippen LogP contribution in [0.1, 0.15) is 153 Å². The van der Waals surface area contributed by atoms with Gasteiger partial charge in [-0.1, -0.05) is 48.5 Å². The molecule has 4 saturated heterocycles. The molecule has 10 N–H and O–H groups in total. The minimum Gasteiger partial charge on any atom is -0.443 e. The molecule has 40 heteroatoms. The van der Waals surface area contributed by atoms with Crippen LogP contribution in [0.15, 0.2) is 220 Å². The summed E-state index contributed by atoms with van der Waals surface area (Å²) < 4.78 is 94.1. The number of hydrogen-bond donors (Lipinski definition) is 10. The normalized spacial score (nSPS) is 19.2. The molecule has 744 valence electrons. The predicted molar refractivity (Wildman–Crippen MR) is 524 cm³/mol. The maximum Gasteiger partial charge on any atom is 0.417 e. The fraction of sp³-hybridized carbons (Fsp3) is 0.264. The molecular formula is C106H96F4N20O16. The molecule has 0 radical (unpaired) electrons. The number of aromatic nitrogens is 12. The maximum absolute atomic E-state index is 13.8. The zero-order valence-corrected chi connectivity index (χ0v) is 79.6. The molecule has 8 aliphatic heterocycles. The van der Waals surface area contributed by atoms with Gasteiger partial charge in [0.15, 0.2) is 0 Å². The van der Waals surface area contributed by atoms with E-state index < -0.39 is 69.2 Å². The van der Waals surface area contributed by atoms with Gasteiger partial charge in [-0.3, -0.25) is 36.8 Å². The zero-order valence-electron chi connectivity index (χ0n) is 79.6. The summed E-state index contributed by atoms with van der Waals surface area (Å²) in [4.78, 5) is 116. The number of ether oxygens (including phenoxy) is 6. The Morgan fingerprint density at radius 3 is 0.849 bits per heavy atom. The first-order valence-electron chi connectivity index (χ1n) is 47.0. The van der Waals surface area contributed by atoms with Crippen LogP contribution in [-0.4, -0.2) is 188 Å². The van der Waals surface area contributed by atoms with Crippen LogP contribution in [0.2, 0.25) is 0 Å². The summed E-state index contributed by atoms with van der Waals surface area (Å²) in [7, 11) is 0. The number of benzene rings is 4. The van der Waals surface area contributed by atoms with Gasteiger partial charge >= 0.3 is 12.2 Å². The lowest BCUT2D eigenvalue weighted by molar-refractivity contribution is 0.0227. The number of carbonyl (C=O) groups excluding carboxylic acids is 6. The van der Waals surface area contributed by atoms with Gasteiger partial charge in [0.05, 0.1) is 132 Å². The number of carbonyl (C=O) groups is 6. The fourth-order valence-corrected chi connectivity index (χ4v) is 19.1. The van der Waals surface area contributed by atoms with E-state index in [-0.39, 0.29) is 63.0 Å². The highest BCUT2D eigenvalue weighted by Crippen LogP contribution is 2.46. The van der Waals surface area contributed by atoms with E-state index in [0.717, 1.165) is 43.4 Å². The van der Waals surface area contributed by atoms with Crippen molar-refractivity contribution in [1.29, 1.82) is 0 Å². The molecule has 0 unspecified atom stereocenters. The number of fused-ring (bicyclic) bond motifs is 8. The largest absolute Gasteiger partial charge is 0.443 e. The van der Waals surface area contributed by atoms with Crippen molar-refractivity contribution in [3.8, 4) is 45.0 Å². The van der Waals surface area contributed by atoms with E-state index >= 15 is 0 Å². The summed E-state index contributed by atoms with van der Waals surface area (Å²) in [6.45, 7) is 14.1. The smallest absolute Gasteiger partial charge is 0.417 e. The van der Waals surface area contributed by atoms with Crippen molar-refractivity contribution in [1.82, 2.24) is 77.9 Å². The number of pyridine rings is 8. The minimum atomic E-state index is -1.07. The number of imidazole rings is 4. The summed E-state index contributed by atoms with van der Waals surface area (Å²) in [5.41, 5.74) is 11.4. The quantitative estimate of drug-likeness (QED) is 0.0402. The van der Waals surface area contributed by atoms with Crippen molar-refractivity contribution >= 4 is 104 Å². The van der Waals surface area contributed by atoms with E-state index in [1.165, 1.54) is 48.5 Å². The van der Waals surface area contributed by atoms with Crippen molar-refractivity contribution in [3.05, 3.63) is 310 Å². The lowest BCUT2D eigenvalue weighted by Gasteiger charge is -2.23. The number of nitrogens with one attached hydrogen (secondary N) is 6. The number of amides is 6. The first-order chi connectivity index (χ1) is 70.1. The van der Waals surface area contributed by atoms with Crippen molar-refractivity contribution in [3.63, 3.8) is 0 Å². The number of anilines is 8. The Hall–Kier alpha value is -16.3. The monoisotopic (exact) mass is 1980 g/mol. The maximum atomic E-state index is 13.8. The molecule has 0 aliphatic carbocycles. The van der Waals surface area contributed by atoms with Crippen LogP contribution in [-0.2, 0) is 77.0 Å². The molecule has 24 rings (SSSR count). The Morgan fingerprint density at radius 2 is 0.610 bits per heavy atom. The third-order valence-corrected chi connectivity index (χ3v) is 26.6. The lowest BCUT2D eigenvalue weighted by atomic mass is 9.95. The van der Waals surface area contributed by atoms with Gasteiger partial charge in [-0.25, -0.2) is 76.8 Å². The number of nitrogens with zero attached hydrogens (tertiary/aromatic N) is 14. The summed E-state index contributed by atoms with van der Waals surface area (Å²) in [6.07, 6.45) is 19.9. The van der Waals surface area contributed by atoms with Crippen molar-refractivity contribution in [2.45, 2.75) is 127 Å². The van der Waals surface area contributed by atoms with E-state index in [1.54, 1.807) is 182 Å². The Balaban J connectivity index is 0.000000115. The average Bonchev–Trinajstić information content (AvgIpc) is 1.59. The van der Waals surface area contributed by atoms with Crippen LogP contribution >= 0.6 is 0 Å². The Morgan fingerprint density at radius 1 is 0.349 bits per heavy atom. The van der Waals surface area contributed by atoms with Crippen molar-refractivity contribution < 1.29 is 95.2 Å². The average molecular weight is 1980 g/mol. The van der Waals surface area contributed by atoms with Crippen LogP contribution in [0.3, 0.4) is 0 Å². The van der Waals surface area contributed by atoms with Gasteiger partial charge in [-0.15, -0.1) is 0 Å². The molecule has 6 amide bonds. The second-order valence-electron chi connectivity index (χ2n) is 38.6. The number of hydrogen-bond acceptors (Lipinski definition) is 28. The molecule has 146 heavy (non-hydrogen) atoms. The molecular weight excluding hydrogens is 1890 g/mol. The molecule has 0 spiro atoms. The predicted octanol–water partition coefficient (Wildman–Crippen LogP) is 15.8. The number of rotatable bonds is 16. The van der Waals surface area contributed by atoms with E-state index in [0.29, 0.717) is 212 Å².